The number of carbonyl (C=O) groups is 4. The van der Waals surface area contributed by atoms with E-state index in [1.54, 1.807) is 44.2 Å². The third-order valence-corrected chi connectivity index (χ3v) is 7.34. The largest absolute Gasteiger partial charge is 0.465 e. The van der Waals surface area contributed by atoms with Crippen molar-refractivity contribution in [1.29, 1.82) is 0 Å². The summed E-state index contributed by atoms with van der Waals surface area (Å²) in [4.78, 5) is 51.8. The maximum absolute atomic E-state index is 15.6. The zero-order valence-corrected chi connectivity index (χ0v) is 25.3. The van der Waals surface area contributed by atoms with Gasteiger partial charge in [0.1, 0.15) is 13.1 Å². The number of nitrogens with zero attached hydrogens (tertiary/aromatic N) is 3. The van der Waals surface area contributed by atoms with Crippen LogP contribution in [-0.4, -0.2) is 65.2 Å². The molecule has 0 atom stereocenters. The van der Waals surface area contributed by atoms with Crippen molar-refractivity contribution in [3.05, 3.63) is 82.3 Å². The second kappa shape index (κ2) is 13.7. The van der Waals surface area contributed by atoms with Crippen molar-refractivity contribution in [2.24, 2.45) is 5.73 Å². The summed E-state index contributed by atoms with van der Waals surface area (Å²) in [7, 11) is 2.76. The van der Waals surface area contributed by atoms with Crippen molar-refractivity contribution in [2.45, 2.75) is 33.0 Å². The number of nitrogens with two attached hydrogens (primary N) is 1. The zero-order valence-electron chi connectivity index (χ0n) is 24.5. The van der Waals surface area contributed by atoms with Crippen molar-refractivity contribution in [3.63, 3.8) is 0 Å². The highest BCUT2D eigenvalue weighted by molar-refractivity contribution is 6.34. The van der Waals surface area contributed by atoms with Gasteiger partial charge in [-0.2, -0.15) is 5.10 Å². The van der Waals surface area contributed by atoms with E-state index < -0.39 is 42.1 Å². The number of primary amides is 1. The Morgan fingerprint density at radius 2 is 1.77 bits per heavy atom. The van der Waals surface area contributed by atoms with Gasteiger partial charge in [0, 0.05) is 29.7 Å². The van der Waals surface area contributed by atoms with E-state index in [1.807, 2.05) is 0 Å². The summed E-state index contributed by atoms with van der Waals surface area (Å²) in [5.41, 5.74) is 7.15. The van der Waals surface area contributed by atoms with E-state index in [-0.39, 0.29) is 41.0 Å². The van der Waals surface area contributed by atoms with Crippen LogP contribution in [0.3, 0.4) is 0 Å². The molecule has 0 aliphatic rings. The van der Waals surface area contributed by atoms with Gasteiger partial charge >= 0.3 is 5.97 Å². The molecule has 230 valence electrons. The molecule has 13 heteroatoms. The summed E-state index contributed by atoms with van der Waals surface area (Å²) in [6, 6.07) is 13.7. The van der Waals surface area contributed by atoms with Crippen LogP contribution in [-0.2, 0) is 32.2 Å². The monoisotopic (exact) mass is 623 g/mol. The van der Waals surface area contributed by atoms with Gasteiger partial charge in [0.25, 0.3) is 5.91 Å². The second-order valence-electron chi connectivity index (χ2n) is 10.1. The number of amides is 3. The van der Waals surface area contributed by atoms with Crippen LogP contribution < -0.4 is 11.1 Å². The fraction of sp³-hybridized carbons (Fsp3) is 0.258. The number of benzene rings is 3. The number of fused-ring (bicyclic) bond motifs is 1. The summed E-state index contributed by atoms with van der Waals surface area (Å²) < 4.78 is 26.8. The molecule has 0 bridgehead atoms. The van der Waals surface area contributed by atoms with Gasteiger partial charge < -0.3 is 25.4 Å². The van der Waals surface area contributed by atoms with Crippen LogP contribution in [0.15, 0.2) is 54.6 Å². The minimum Gasteiger partial charge on any atom is -0.465 e. The van der Waals surface area contributed by atoms with Gasteiger partial charge in [-0.3, -0.25) is 19.1 Å². The molecule has 0 spiro atoms. The van der Waals surface area contributed by atoms with Crippen LogP contribution in [0.25, 0.3) is 22.0 Å². The summed E-state index contributed by atoms with van der Waals surface area (Å²) in [6.07, 6.45) is 0. The van der Waals surface area contributed by atoms with E-state index in [1.165, 1.54) is 48.1 Å². The molecule has 1 aromatic heterocycles. The maximum Gasteiger partial charge on any atom is 0.337 e. The van der Waals surface area contributed by atoms with Crippen molar-refractivity contribution in [3.8, 4) is 11.1 Å². The highest BCUT2D eigenvalue weighted by Crippen LogP contribution is 2.35. The lowest BCUT2D eigenvalue weighted by molar-refractivity contribution is -0.137. The Balaban J connectivity index is 1.55. The highest BCUT2D eigenvalue weighted by atomic mass is 35.5. The first-order valence-electron chi connectivity index (χ1n) is 13.5. The van der Waals surface area contributed by atoms with Gasteiger partial charge in [-0.15, -0.1) is 0 Å². The number of halogens is 2. The van der Waals surface area contributed by atoms with Crippen molar-refractivity contribution in [2.75, 3.05) is 26.1 Å². The molecule has 44 heavy (non-hydrogen) atoms. The molecule has 0 fully saturated rings. The van der Waals surface area contributed by atoms with Crippen molar-refractivity contribution >= 4 is 51.9 Å². The number of aromatic nitrogens is 2. The lowest BCUT2D eigenvalue weighted by Gasteiger charge is -2.26. The Kier molecular flexibility index (Phi) is 9.97. The van der Waals surface area contributed by atoms with Crippen LogP contribution in [0, 0.1) is 5.82 Å². The number of nitrogens with one attached hydrogen (secondary N) is 1. The molecule has 4 rings (SSSR count). The molecule has 1 heterocycles. The molecule has 11 nitrogen and oxygen atoms in total. The number of anilines is 1. The minimum atomic E-state index is -0.848. The molecule has 3 amide bonds. The average molecular weight is 624 g/mol. The predicted octanol–water partition coefficient (Wildman–Crippen LogP) is 4.40. The van der Waals surface area contributed by atoms with Gasteiger partial charge in [0.05, 0.1) is 35.5 Å². The highest BCUT2D eigenvalue weighted by Gasteiger charge is 2.25. The third kappa shape index (κ3) is 6.71. The normalized spacial score (nSPS) is 11.1. The third-order valence-electron chi connectivity index (χ3n) is 6.89. The molecular formula is C31H31ClFN5O6. The molecule has 4 aromatic rings. The fourth-order valence-electron chi connectivity index (χ4n) is 4.74. The summed E-state index contributed by atoms with van der Waals surface area (Å²) >= 11 is 6.51. The van der Waals surface area contributed by atoms with E-state index >= 15 is 4.39 Å². The summed E-state index contributed by atoms with van der Waals surface area (Å²) in [5, 5.41) is 7.35. The molecule has 0 unspecified atom stereocenters. The molecule has 3 N–H and O–H groups in total. The molecule has 0 aliphatic carbocycles. The van der Waals surface area contributed by atoms with Crippen molar-refractivity contribution < 1.29 is 33.0 Å². The molecule has 0 radical (unpaired) electrons. The van der Waals surface area contributed by atoms with Gasteiger partial charge in [0.15, 0.2) is 11.5 Å². The topological polar surface area (TPSA) is 146 Å². The number of hydrogen-bond acceptors (Lipinski definition) is 7. The standard InChI is InChI=1S/C31H31ClFN5O6/c1-17(2)37(26(40)15-38-24-12-11-18(31(42)44-4)13-22(24)29(36-38)30(34)41)14-25(39)35-23-10-6-9-21(28(23)33)20-8-5-7-19(16-43-3)27(20)32/h5-13,17H,14-16H2,1-4H3,(H2,34,41)(H,35,39). The molecular weight excluding hydrogens is 593 g/mol. The SMILES string of the molecule is COCc1cccc(-c2cccc(NC(=O)CN(C(=O)Cn3nc(C(N)=O)c4cc(C(=O)OC)ccc43)C(C)C)c2F)c1Cl. The molecule has 0 saturated carbocycles. The summed E-state index contributed by atoms with van der Waals surface area (Å²) in [5.74, 6) is -3.28. The lowest BCUT2D eigenvalue weighted by Crippen LogP contribution is -2.44. The number of methoxy groups -OCH3 is 2. The zero-order chi connectivity index (χ0) is 32.1. The van der Waals surface area contributed by atoms with Crippen LogP contribution >= 0.6 is 11.6 Å². The number of hydrogen-bond donors (Lipinski definition) is 2. The Morgan fingerprint density at radius 3 is 2.43 bits per heavy atom. The van der Waals surface area contributed by atoms with E-state index in [9.17, 15) is 19.2 Å². The lowest BCUT2D eigenvalue weighted by atomic mass is 10.0. The number of esters is 1. The maximum atomic E-state index is 15.6. The number of rotatable bonds is 11. The van der Waals surface area contributed by atoms with Crippen LogP contribution in [0.2, 0.25) is 5.02 Å². The first-order chi connectivity index (χ1) is 21.0. The van der Waals surface area contributed by atoms with Gasteiger partial charge in [-0.1, -0.05) is 41.9 Å². The first kappa shape index (κ1) is 32.1. The van der Waals surface area contributed by atoms with Gasteiger partial charge in [0.2, 0.25) is 11.8 Å². The fourth-order valence-corrected chi connectivity index (χ4v) is 5.02. The first-order valence-corrected chi connectivity index (χ1v) is 13.9. The van der Waals surface area contributed by atoms with Gasteiger partial charge in [-0.05, 0) is 43.7 Å². The molecule has 3 aromatic carbocycles. The van der Waals surface area contributed by atoms with Crippen molar-refractivity contribution in [1.82, 2.24) is 14.7 Å². The molecule has 0 saturated heterocycles. The molecule has 0 aliphatic heterocycles. The van der Waals surface area contributed by atoms with Crippen LogP contribution in [0.1, 0.15) is 40.3 Å². The quantitative estimate of drug-likeness (QED) is 0.235. The Bertz CT molecular complexity index is 1760. The van der Waals surface area contributed by atoms with Gasteiger partial charge in [-0.25, -0.2) is 9.18 Å². The smallest absolute Gasteiger partial charge is 0.337 e. The van der Waals surface area contributed by atoms with E-state index in [0.717, 1.165) is 0 Å². The van der Waals surface area contributed by atoms with E-state index in [4.69, 9.17) is 26.8 Å². The Hall–Kier alpha value is -4.81. The van der Waals surface area contributed by atoms with Crippen LogP contribution in [0.5, 0.6) is 0 Å². The van der Waals surface area contributed by atoms with Crippen LogP contribution in [0.4, 0.5) is 10.1 Å². The van der Waals surface area contributed by atoms with E-state index in [0.29, 0.717) is 21.7 Å². The second-order valence-corrected chi connectivity index (χ2v) is 10.5. The average Bonchev–Trinajstić information content (AvgIpc) is 3.35. The Morgan fingerprint density at radius 1 is 1.07 bits per heavy atom. The summed E-state index contributed by atoms with van der Waals surface area (Å²) in [6.45, 7) is 2.96. The number of ether oxygens (including phenoxy) is 2. The van der Waals surface area contributed by atoms with E-state index in [2.05, 4.69) is 10.4 Å². The number of carbonyl (C=O) groups excluding carboxylic acids is 4. The minimum absolute atomic E-state index is 0.0811. The Labute approximate surface area is 257 Å². The predicted molar refractivity (Wildman–Crippen MR) is 163 cm³/mol.